The molecule has 1 aromatic heterocycles. The molecule has 0 fully saturated rings. The van der Waals surface area contributed by atoms with Gasteiger partial charge in [-0.25, -0.2) is 13.4 Å². The van der Waals surface area contributed by atoms with Gasteiger partial charge in [0, 0.05) is 12.5 Å². The number of ether oxygens (including phenoxy) is 1. The van der Waals surface area contributed by atoms with E-state index in [0.29, 0.717) is 11.5 Å². The minimum absolute atomic E-state index is 0.182. The van der Waals surface area contributed by atoms with Crippen molar-refractivity contribution in [3.63, 3.8) is 0 Å². The lowest BCUT2D eigenvalue weighted by molar-refractivity contribution is 0.318. The second-order valence-corrected chi connectivity index (χ2v) is 6.20. The SMILES string of the molecule is CS(=O)(=O)c1ccc(Oc2cccnc2/C(N)=N/O)cc1. The van der Waals surface area contributed by atoms with Crippen LogP contribution in [0.15, 0.2) is 52.6 Å². The molecule has 1 heterocycles. The molecule has 0 amide bonds. The second-order valence-electron chi connectivity index (χ2n) is 4.18. The van der Waals surface area contributed by atoms with E-state index in [0.717, 1.165) is 6.26 Å². The van der Waals surface area contributed by atoms with Crippen molar-refractivity contribution in [2.45, 2.75) is 4.90 Å². The van der Waals surface area contributed by atoms with E-state index in [1.165, 1.54) is 30.5 Å². The van der Waals surface area contributed by atoms with Gasteiger partial charge in [0.05, 0.1) is 4.90 Å². The molecule has 0 aliphatic rings. The van der Waals surface area contributed by atoms with Crippen molar-refractivity contribution in [1.82, 2.24) is 4.98 Å². The highest BCUT2D eigenvalue weighted by Crippen LogP contribution is 2.24. The van der Waals surface area contributed by atoms with Gasteiger partial charge in [0.2, 0.25) is 0 Å². The molecule has 2 aromatic rings. The number of pyridine rings is 1. The maximum Gasteiger partial charge on any atom is 0.192 e. The predicted octanol–water partition coefficient (Wildman–Crippen LogP) is 1.37. The average molecular weight is 307 g/mol. The van der Waals surface area contributed by atoms with Gasteiger partial charge in [-0.3, -0.25) is 0 Å². The molecule has 3 N–H and O–H groups in total. The highest BCUT2D eigenvalue weighted by molar-refractivity contribution is 7.90. The van der Waals surface area contributed by atoms with Crippen LogP contribution in [-0.2, 0) is 9.84 Å². The Morgan fingerprint density at radius 1 is 1.29 bits per heavy atom. The van der Waals surface area contributed by atoms with E-state index in [-0.39, 0.29) is 16.4 Å². The van der Waals surface area contributed by atoms with Crippen molar-refractivity contribution >= 4 is 15.7 Å². The number of rotatable bonds is 4. The molecule has 0 spiro atoms. The first kappa shape index (κ1) is 14.8. The van der Waals surface area contributed by atoms with Crippen molar-refractivity contribution in [2.75, 3.05) is 6.26 Å². The molecule has 8 heteroatoms. The van der Waals surface area contributed by atoms with Crippen LogP contribution in [0.25, 0.3) is 0 Å². The van der Waals surface area contributed by atoms with Gasteiger partial charge in [0.15, 0.2) is 27.1 Å². The van der Waals surface area contributed by atoms with E-state index in [1.807, 2.05) is 0 Å². The summed E-state index contributed by atoms with van der Waals surface area (Å²) in [7, 11) is -3.26. The lowest BCUT2D eigenvalue weighted by atomic mass is 10.3. The Balaban J connectivity index is 2.31. The Labute approximate surface area is 121 Å². The van der Waals surface area contributed by atoms with Gasteiger partial charge in [0.1, 0.15) is 5.75 Å². The third-order valence-corrected chi connectivity index (χ3v) is 3.73. The molecule has 0 aliphatic heterocycles. The molecule has 0 radical (unpaired) electrons. The molecular formula is C13H13N3O4S. The quantitative estimate of drug-likeness (QED) is 0.381. The summed E-state index contributed by atoms with van der Waals surface area (Å²) in [6.07, 6.45) is 2.60. The van der Waals surface area contributed by atoms with Crippen molar-refractivity contribution in [2.24, 2.45) is 10.9 Å². The Hall–Kier alpha value is -2.61. The predicted molar refractivity (Wildman–Crippen MR) is 76.4 cm³/mol. The Kier molecular flexibility index (Phi) is 4.08. The lowest BCUT2D eigenvalue weighted by Crippen LogP contribution is -2.15. The topological polar surface area (TPSA) is 115 Å². The van der Waals surface area contributed by atoms with E-state index >= 15 is 0 Å². The number of amidine groups is 1. The number of nitrogens with zero attached hydrogens (tertiary/aromatic N) is 2. The molecule has 2 rings (SSSR count). The summed E-state index contributed by atoms with van der Waals surface area (Å²) in [5.41, 5.74) is 5.70. The van der Waals surface area contributed by atoms with E-state index in [4.69, 9.17) is 15.7 Å². The molecular weight excluding hydrogens is 294 g/mol. The largest absolute Gasteiger partial charge is 0.455 e. The number of sulfone groups is 1. The van der Waals surface area contributed by atoms with Crippen molar-refractivity contribution < 1.29 is 18.4 Å². The van der Waals surface area contributed by atoms with E-state index in [1.54, 1.807) is 12.1 Å². The van der Waals surface area contributed by atoms with Gasteiger partial charge in [-0.05, 0) is 36.4 Å². The summed E-state index contributed by atoms with van der Waals surface area (Å²) in [4.78, 5) is 4.16. The summed E-state index contributed by atoms with van der Waals surface area (Å²) in [5.74, 6) is 0.514. The fourth-order valence-electron chi connectivity index (χ4n) is 1.59. The van der Waals surface area contributed by atoms with Crippen LogP contribution in [0.4, 0.5) is 0 Å². The van der Waals surface area contributed by atoms with Crippen molar-refractivity contribution in [1.29, 1.82) is 0 Å². The van der Waals surface area contributed by atoms with Crippen molar-refractivity contribution in [3.8, 4) is 11.5 Å². The second kappa shape index (κ2) is 5.80. The molecule has 0 saturated carbocycles. The molecule has 110 valence electrons. The van der Waals surface area contributed by atoms with Crippen LogP contribution in [0.1, 0.15) is 5.69 Å². The van der Waals surface area contributed by atoms with Crippen LogP contribution in [0.2, 0.25) is 0 Å². The van der Waals surface area contributed by atoms with E-state index in [9.17, 15) is 8.42 Å². The number of nitrogens with two attached hydrogens (primary N) is 1. The summed E-state index contributed by atoms with van der Waals surface area (Å²) in [6, 6.07) is 9.13. The molecule has 0 saturated heterocycles. The minimum atomic E-state index is -3.26. The Morgan fingerprint density at radius 2 is 1.95 bits per heavy atom. The minimum Gasteiger partial charge on any atom is -0.455 e. The van der Waals surface area contributed by atoms with E-state index < -0.39 is 9.84 Å². The normalized spacial score (nSPS) is 12.1. The fourth-order valence-corrected chi connectivity index (χ4v) is 2.22. The smallest absolute Gasteiger partial charge is 0.192 e. The highest BCUT2D eigenvalue weighted by Gasteiger charge is 2.11. The Morgan fingerprint density at radius 3 is 2.52 bits per heavy atom. The molecule has 0 aliphatic carbocycles. The molecule has 1 aromatic carbocycles. The highest BCUT2D eigenvalue weighted by atomic mass is 32.2. The molecule has 0 bridgehead atoms. The summed E-state index contributed by atoms with van der Waals surface area (Å²) in [5, 5.41) is 11.6. The van der Waals surface area contributed by atoms with Gasteiger partial charge in [-0.2, -0.15) is 0 Å². The molecule has 7 nitrogen and oxygen atoms in total. The van der Waals surface area contributed by atoms with Crippen LogP contribution in [0, 0.1) is 0 Å². The number of aromatic nitrogens is 1. The number of oxime groups is 1. The number of benzene rings is 1. The lowest BCUT2D eigenvalue weighted by Gasteiger charge is -2.09. The van der Waals surface area contributed by atoms with Gasteiger partial charge >= 0.3 is 0 Å². The van der Waals surface area contributed by atoms with E-state index in [2.05, 4.69) is 10.1 Å². The van der Waals surface area contributed by atoms with Crippen molar-refractivity contribution in [3.05, 3.63) is 48.3 Å². The standard InChI is InChI=1S/C13H13N3O4S/c1-21(18,19)10-6-4-9(5-7-10)20-11-3-2-8-15-12(11)13(14)16-17/h2-8,17H,1H3,(H2,14,16). The fraction of sp³-hybridized carbons (Fsp3) is 0.0769. The van der Waals surface area contributed by atoms with Crippen LogP contribution < -0.4 is 10.5 Å². The first-order chi connectivity index (χ1) is 9.91. The van der Waals surface area contributed by atoms with Crippen LogP contribution >= 0.6 is 0 Å². The third kappa shape index (κ3) is 3.48. The first-order valence-corrected chi connectivity index (χ1v) is 7.72. The van der Waals surface area contributed by atoms with Crippen LogP contribution in [-0.4, -0.2) is 30.7 Å². The zero-order chi connectivity index (χ0) is 15.5. The molecule has 0 atom stereocenters. The third-order valence-electron chi connectivity index (χ3n) is 2.60. The van der Waals surface area contributed by atoms with Gasteiger partial charge < -0.3 is 15.7 Å². The van der Waals surface area contributed by atoms with Gasteiger partial charge in [-0.15, -0.1) is 0 Å². The number of hydrogen-bond acceptors (Lipinski definition) is 6. The summed E-state index contributed by atoms with van der Waals surface area (Å²) < 4.78 is 28.3. The summed E-state index contributed by atoms with van der Waals surface area (Å²) in [6.45, 7) is 0. The number of hydrogen-bond donors (Lipinski definition) is 2. The zero-order valence-corrected chi connectivity index (χ0v) is 11.9. The van der Waals surface area contributed by atoms with Crippen LogP contribution in [0.5, 0.6) is 11.5 Å². The average Bonchev–Trinajstić information content (AvgIpc) is 2.46. The van der Waals surface area contributed by atoms with Gasteiger partial charge in [-0.1, -0.05) is 5.16 Å². The maximum atomic E-state index is 11.4. The molecule has 21 heavy (non-hydrogen) atoms. The summed E-state index contributed by atoms with van der Waals surface area (Å²) >= 11 is 0. The zero-order valence-electron chi connectivity index (χ0n) is 11.1. The monoisotopic (exact) mass is 307 g/mol. The Bertz CT molecular complexity index is 770. The first-order valence-electron chi connectivity index (χ1n) is 5.82. The van der Waals surface area contributed by atoms with Crippen LogP contribution in [0.3, 0.4) is 0 Å². The van der Waals surface area contributed by atoms with Gasteiger partial charge in [0.25, 0.3) is 0 Å². The maximum absolute atomic E-state index is 11.4. The molecule has 0 unspecified atom stereocenters.